The molecule has 0 N–H and O–H groups in total. The average molecular weight is 383 g/mol. The Bertz CT molecular complexity index is 613. The summed E-state index contributed by atoms with van der Waals surface area (Å²) in [5.41, 5.74) is 2.59. The molecular formula is C26H42N2+2. The third kappa shape index (κ3) is 7.37. The molecule has 2 aromatic rings. The first-order valence-electron chi connectivity index (χ1n) is 11.4. The van der Waals surface area contributed by atoms with Crippen LogP contribution in [-0.4, -0.2) is 0 Å². The molecule has 2 rings (SSSR count). The number of pyridine rings is 2. The van der Waals surface area contributed by atoms with Gasteiger partial charge in [0.1, 0.15) is 0 Å². The van der Waals surface area contributed by atoms with E-state index in [9.17, 15) is 0 Å². The van der Waals surface area contributed by atoms with Gasteiger partial charge in [0.05, 0.1) is 0 Å². The second-order valence-electron chi connectivity index (χ2n) is 9.28. The molecule has 28 heavy (non-hydrogen) atoms. The average Bonchev–Trinajstić information content (AvgIpc) is 2.68. The fourth-order valence-corrected chi connectivity index (χ4v) is 4.12. The lowest BCUT2D eigenvalue weighted by atomic mass is 9.95. The summed E-state index contributed by atoms with van der Waals surface area (Å²) in [5.74, 6) is 3.08. The van der Waals surface area contributed by atoms with Gasteiger partial charge in [0.15, 0.2) is 37.9 Å². The van der Waals surface area contributed by atoms with Crippen LogP contribution in [0.2, 0.25) is 0 Å². The summed E-state index contributed by atoms with van der Waals surface area (Å²) in [6.45, 7) is 16.2. The van der Waals surface area contributed by atoms with Crippen molar-refractivity contribution >= 4 is 0 Å². The highest BCUT2D eigenvalue weighted by Gasteiger charge is 2.14. The Morgan fingerprint density at radius 2 is 0.893 bits per heavy atom. The van der Waals surface area contributed by atoms with E-state index in [2.05, 4.69) is 99.7 Å². The van der Waals surface area contributed by atoms with E-state index in [0.29, 0.717) is 0 Å². The molecule has 0 saturated carbocycles. The summed E-state index contributed by atoms with van der Waals surface area (Å²) in [6, 6.07) is 9.00. The zero-order chi connectivity index (χ0) is 20.5. The van der Waals surface area contributed by atoms with Crippen LogP contribution < -0.4 is 9.13 Å². The van der Waals surface area contributed by atoms with Crippen molar-refractivity contribution in [3.05, 3.63) is 49.1 Å². The molecule has 0 fully saturated rings. The van der Waals surface area contributed by atoms with E-state index in [1.54, 1.807) is 0 Å². The molecule has 2 aromatic heterocycles. The Morgan fingerprint density at radius 1 is 0.571 bits per heavy atom. The quantitative estimate of drug-likeness (QED) is 0.416. The largest absolute Gasteiger partial charge is 0.205 e. The Morgan fingerprint density at radius 3 is 1.18 bits per heavy atom. The van der Waals surface area contributed by atoms with E-state index < -0.39 is 0 Å². The number of hydrogen-bond acceptors (Lipinski definition) is 0. The van der Waals surface area contributed by atoms with Crippen LogP contribution in [0, 0.1) is 23.7 Å². The summed E-state index contributed by atoms with van der Waals surface area (Å²) in [6.07, 6.45) is 14.1. The Kier molecular flexibility index (Phi) is 9.15. The van der Waals surface area contributed by atoms with Crippen molar-refractivity contribution in [2.45, 2.75) is 80.3 Å². The summed E-state index contributed by atoms with van der Waals surface area (Å²) in [7, 11) is 0. The molecule has 0 bridgehead atoms. The van der Waals surface area contributed by atoms with Gasteiger partial charge in [0.25, 0.3) is 0 Å². The molecule has 4 atom stereocenters. The Balaban J connectivity index is 1.93. The lowest BCUT2D eigenvalue weighted by Gasteiger charge is -2.13. The zero-order valence-electron chi connectivity index (χ0n) is 19.1. The van der Waals surface area contributed by atoms with E-state index in [0.717, 1.165) is 36.8 Å². The molecule has 0 radical (unpaired) electrons. The molecule has 4 unspecified atom stereocenters. The standard InChI is InChI=1S/C26H42N2/c1-7-21(3)17-23(5)19-27-13-9-25(10-14-27)26-11-15-28(16-12-26)20-24(6)18-22(4)8-2/h9-16,21-24H,7-8,17-20H2,1-6H3/q+2. The molecule has 0 aliphatic carbocycles. The van der Waals surface area contributed by atoms with E-state index >= 15 is 0 Å². The molecule has 2 heterocycles. The third-order valence-electron chi connectivity index (χ3n) is 6.16. The van der Waals surface area contributed by atoms with Gasteiger partial charge in [-0.15, -0.1) is 0 Å². The van der Waals surface area contributed by atoms with Gasteiger partial charge in [-0.25, -0.2) is 9.13 Å². The van der Waals surface area contributed by atoms with Crippen molar-refractivity contribution in [3.63, 3.8) is 0 Å². The predicted octanol–water partition coefficient (Wildman–Crippen LogP) is 6.07. The van der Waals surface area contributed by atoms with Crippen molar-refractivity contribution in [3.8, 4) is 11.1 Å². The van der Waals surface area contributed by atoms with Gasteiger partial charge in [-0.05, 0) is 35.8 Å². The molecule has 0 aromatic carbocycles. The molecule has 0 aliphatic heterocycles. The molecule has 0 spiro atoms. The maximum Gasteiger partial charge on any atom is 0.169 e. The van der Waals surface area contributed by atoms with E-state index in [1.807, 2.05) is 0 Å². The van der Waals surface area contributed by atoms with E-state index in [1.165, 1.54) is 36.8 Å². The van der Waals surface area contributed by atoms with Crippen LogP contribution in [0.1, 0.15) is 67.2 Å². The Hall–Kier alpha value is -1.70. The third-order valence-corrected chi connectivity index (χ3v) is 6.16. The van der Waals surface area contributed by atoms with Crippen molar-refractivity contribution in [1.29, 1.82) is 0 Å². The number of hydrogen-bond donors (Lipinski definition) is 0. The van der Waals surface area contributed by atoms with Gasteiger partial charge in [0.2, 0.25) is 0 Å². The SMILES string of the molecule is CCC(C)CC(C)C[n+]1ccc(-c2cc[n+](CC(C)CC(C)CC)cc2)cc1. The van der Waals surface area contributed by atoms with Crippen molar-refractivity contribution in [2.75, 3.05) is 0 Å². The highest BCUT2D eigenvalue weighted by atomic mass is 14.9. The van der Waals surface area contributed by atoms with Crippen LogP contribution in [0.5, 0.6) is 0 Å². The van der Waals surface area contributed by atoms with E-state index in [4.69, 9.17) is 0 Å². The van der Waals surface area contributed by atoms with Gasteiger partial charge in [0, 0.05) is 36.1 Å². The molecule has 2 nitrogen and oxygen atoms in total. The van der Waals surface area contributed by atoms with Gasteiger partial charge in [-0.2, -0.15) is 0 Å². The molecule has 154 valence electrons. The van der Waals surface area contributed by atoms with Crippen molar-refractivity contribution < 1.29 is 9.13 Å². The van der Waals surface area contributed by atoms with Crippen LogP contribution in [0.4, 0.5) is 0 Å². The summed E-state index contributed by atoms with van der Waals surface area (Å²) in [5, 5.41) is 0. The minimum atomic E-state index is 0.721. The first-order valence-corrected chi connectivity index (χ1v) is 11.4. The maximum absolute atomic E-state index is 2.37. The van der Waals surface area contributed by atoms with Crippen molar-refractivity contribution in [1.82, 2.24) is 0 Å². The Labute approximate surface area is 173 Å². The topological polar surface area (TPSA) is 7.76 Å². The molecule has 0 saturated heterocycles. The normalized spacial score (nSPS) is 15.8. The van der Waals surface area contributed by atoms with Crippen LogP contribution in [0.25, 0.3) is 11.1 Å². The van der Waals surface area contributed by atoms with Crippen LogP contribution in [0.3, 0.4) is 0 Å². The van der Waals surface area contributed by atoms with Gasteiger partial charge >= 0.3 is 0 Å². The van der Waals surface area contributed by atoms with Crippen LogP contribution in [-0.2, 0) is 13.1 Å². The minimum Gasteiger partial charge on any atom is -0.205 e. The maximum atomic E-state index is 2.37. The number of nitrogens with zero attached hydrogens (tertiary/aromatic N) is 2. The van der Waals surface area contributed by atoms with Gasteiger partial charge < -0.3 is 0 Å². The number of aromatic nitrogens is 2. The van der Waals surface area contributed by atoms with E-state index in [-0.39, 0.29) is 0 Å². The first-order chi connectivity index (χ1) is 13.4. The lowest BCUT2D eigenvalue weighted by Crippen LogP contribution is -2.36. The molecule has 0 amide bonds. The molecular weight excluding hydrogens is 340 g/mol. The zero-order valence-corrected chi connectivity index (χ0v) is 19.1. The fraction of sp³-hybridized carbons (Fsp3) is 0.615. The second kappa shape index (κ2) is 11.3. The smallest absolute Gasteiger partial charge is 0.169 e. The lowest BCUT2D eigenvalue weighted by molar-refractivity contribution is -0.703. The monoisotopic (exact) mass is 382 g/mol. The summed E-state index contributed by atoms with van der Waals surface area (Å²) in [4.78, 5) is 0. The summed E-state index contributed by atoms with van der Waals surface area (Å²) < 4.78 is 4.66. The van der Waals surface area contributed by atoms with Crippen molar-refractivity contribution in [2.24, 2.45) is 23.7 Å². The van der Waals surface area contributed by atoms with Gasteiger partial charge in [-0.3, -0.25) is 0 Å². The highest BCUT2D eigenvalue weighted by Crippen LogP contribution is 2.18. The first kappa shape index (κ1) is 22.6. The minimum absolute atomic E-state index is 0.721. The van der Waals surface area contributed by atoms with Crippen LogP contribution in [0.15, 0.2) is 49.1 Å². The highest BCUT2D eigenvalue weighted by molar-refractivity contribution is 5.60. The second-order valence-corrected chi connectivity index (χ2v) is 9.28. The predicted molar refractivity (Wildman–Crippen MR) is 119 cm³/mol. The molecule has 2 heteroatoms. The number of rotatable bonds is 11. The fourth-order valence-electron chi connectivity index (χ4n) is 4.12. The molecule has 0 aliphatic rings. The van der Waals surface area contributed by atoms with Gasteiger partial charge in [-0.1, -0.05) is 54.4 Å². The van der Waals surface area contributed by atoms with Crippen LogP contribution >= 0.6 is 0 Å². The summed E-state index contributed by atoms with van der Waals surface area (Å²) >= 11 is 0.